The normalized spacial score (nSPS) is 24.9. The molecule has 1 N–H and O–H groups in total. The highest BCUT2D eigenvalue weighted by atomic mass is 32.1. The third-order valence-electron chi connectivity index (χ3n) is 5.17. The predicted molar refractivity (Wildman–Crippen MR) is 96.8 cm³/mol. The van der Waals surface area contributed by atoms with Crippen LogP contribution in [0.4, 0.5) is 5.69 Å². The van der Waals surface area contributed by atoms with E-state index in [2.05, 4.69) is 10.2 Å². The molecule has 1 aromatic carbocycles. The zero-order valence-corrected chi connectivity index (χ0v) is 14.5. The molecule has 2 aromatic rings. The smallest absolute Gasteiger partial charge is 0.278 e. The first-order chi connectivity index (χ1) is 12.1. The molecule has 6 nitrogen and oxygen atoms in total. The van der Waals surface area contributed by atoms with Gasteiger partial charge in [-0.05, 0) is 50.0 Å². The van der Waals surface area contributed by atoms with Crippen LogP contribution in [-0.4, -0.2) is 41.4 Å². The summed E-state index contributed by atoms with van der Waals surface area (Å²) in [5, 5.41) is 14.4. The van der Waals surface area contributed by atoms with E-state index in [9.17, 15) is 14.9 Å². The second-order valence-corrected chi connectivity index (χ2v) is 7.74. The molecule has 130 valence electrons. The average molecular weight is 357 g/mol. The highest BCUT2D eigenvalue weighted by Gasteiger charge is 2.35. The van der Waals surface area contributed by atoms with Gasteiger partial charge >= 0.3 is 0 Å². The van der Waals surface area contributed by atoms with Gasteiger partial charge in [-0.3, -0.25) is 14.9 Å². The SMILES string of the molecule is O=C(N[C@H]1CN2CCC1CC2)c1ccc(-c2ccccc2[N+](=O)[O-])s1. The van der Waals surface area contributed by atoms with Crippen LogP contribution in [0.15, 0.2) is 36.4 Å². The molecule has 1 aromatic heterocycles. The molecule has 7 heteroatoms. The van der Waals surface area contributed by atoms with Gasteiger partial charge in [0.25, 0.3) is 11.6 Å². The van der Waals surface area contributed by atoms with Gasteiger partial charge in [-0.25, -0.2) is 0 Å². The van der Waals surface area contributed by atoms with Gasteiger partial charge in [0.15, 0.2) is 0 Å². The number of carbonyl (C=O) groups is 1. The summed E-state index contributed by atoms with van der Waals surface area (Å²) in [5.74, 6) is 0.497. The quantitative estimate of drug-likeness (QED) is 0.674. The van der Waals surface area contributed by atoms with E-state index in [0.29, 0.717) is 16.4 Å². The minimum atomic E-state index is -0.387. The molecule has 5 rings (SSSR count). The zero-order valence-electron chi connectivity index (χ0n) is 13.7. The van der Waals surface area contributed by atoms with E-state index in [1.807, 2.05) is 0 Å². The van der Waals surface area contributed by atoms with Crippen LogP contribution in [0.1, 0.15) is 22.5 Å². The Kier molecular flexibility index (Phi) is 4.27. The number of nitrogens with one attached hydrogen (secondary N) is 1. The number of rotatable bonds is 4. The molecule has 0 saturated carbocycles. The lowest BCUT2D eigenvalue weighted by Crippen LogP contribution is -2.57. The van der Waals surface area contributed by atoms with Crippen molar-refractivity contribution in [2.75, 3.05) is 19.6 Å². The maximum Gasteiger partial charge on any atom is 0.278 e. The summed E-state index contributed by atoms with van der Waals surface area (Å²) in [4.78, 5) is 27.2. The fraction of sp³-hybridized carbons (Fsp3) is 0.389. The Balaban J connectivity index is 1.51. The third kappa shape index (κ3) is 3.17. The lowest BCUT2D eigenvalue weighted by molar-refractivity contribution is -0.384. The van der Waals surface area contributed by atoms with Crippen molar-refractivity contribution in [2.45, 2.75) is 18.9 Å². The maximum atomic E-state index is 12.6. The van der Waals surface area contributed by atoms with E-state index in [0.717, 1.165) is 37.4 Å². The van der Waals surface area contributed by atoms with Crippen LogP contribution in [0.5, 0.6) is 0 Å². The topological polar surface area (TPSA) is 75.5 Å². The summed E-state index contributed by atoms with van der Waals surface area (Å²) in [7, 11) is 0. The summed E-state index contributed by atoms with van der Waals surface area (Å²) >= 11 is 1.30. The molecule has 4 heterocycles. The van der Waals surface area contributed by atoms with Gasteiger partial charge in [-0.15, -0.1) is 11.3 Å². The van der Waals surface area contributed by atoms with E-state index < -0.39 is 0 Å². The average Bonchev–Trinajstić information content (AvgIpc) is 3.13. The van der Waals surface area contributed by atoms with Crippen LogP contribution in [0.25, 0.3) is 10.4 Å². The Hall–Kier alpha value is -2.25. The first-order valence-corrected chi connectivity index (χ1v) is 9.30. The first kappa shape index (κ1) is 16.2. The Labute approximate surface area is 149 Å². The number of para-hydroxylation sites is 1. The number of amides is 1. The minimum Gasteiger partial charge on any atom is -0.347 e. The van der Waals surface area contributed by atoms with Crippen LogP contribution in [0.2, 0.25) is 0 Å². The molecule has 3 fully saturated rings. The Morgan fingerprint density at radius 3 is 2.64 bits per heavy atom. The number of hydrogen-bond donors (Lipinski definition) is 1. The molecule has 0 spiro atoms. The summed E-state index contributed by atoms with van der Waals surface area (Å²) < 4.78 is 0. The summed E-state index contributed by atoms with van der Waals surface area (Å²) in [6, 6.07) is 10.4. The molecule has 0 aliphatic carbocycles. The maximum absolute atomic E-state index is 12.6. The van der Waals surface area contributed by atoms with Crippen molar-refractivity contribution in [1.82, 2.24) is 10.2 Å². The molecule has 3 saturated heterocycles. The molecular weight excluding hydrogens is 338 g/mol. The van der Waals surface area contributed by atoms with Crippen molar-refractivity contribution < 1.29 is 9.72 Å². The van der Waals surface area contributed by atoms with E-state index in [4.69, 9.17) is 0 Å². The van der Waals surface area contributed by atoms with Crippen LogP contribution in [0.3, 0.4) is 0 Å². The molecule has 1 atom stereocenters. The molecule has 3 aliphatic rings. The van der Waals surface area contributed by atoms with Gasteiger partial charge < -0.3 is 10.2 Å². The number of nitrogens with zero attached hydrogens (tertiary/aromatic N) is 2. The molecule has 2 bridgehead atoms. The zero-order chi connectivity index (χ0) is 17.4. The largest absolute Gasteiger partial charge is 0.347 e. The monoisotopic (exact) mass is 357 g/mol. The molecule has 25 heavy (non-hydrogen) atoms. The second kappa shape index (κ2) is 6.57. The van der Waals surface area contributed by atoms with Crippen molar-refractivity contribution in [3.63, 3.8) is 0 Å². The number of piperidine rings is 3. The molecule has 3 aliphatic heterocycles. The van der Waals surface area contributed by atoms with E-state index in [1.54, 1.807) is 30.3 Å². The highest BCUT2D eigenvalue weighted by molar-refractivity contribution is 7.17. The van der Waals surface area contributed by atoms with Crippen molar-refractivity contribution in [3.8, 4) is 10.4 Å². The fourth-order valence-corrected chi connectivity index (χ4v) is 4.76. The van der Waals surface area contributed by atoms with Gasteiger partial charge in [0, 0.05) is 23.5 Å². The van der Waals surface area contributed by atoms with E-state index >= 15 is 0 Å². The van der Waals surface area contributed by atoms with Crippen molar-refractivity contribution in [2.24, 2.45) is 5.92 Å². The second-order valence-electron chi connectivity index (χ2n) is 6.66. The minimum absolute atomic E-state index is 0.0636. The summed E-state index contributed by atoms with van der Waals surface area (Å²) in [6.45, 7) is 3.20. The van der Waals surface area contributed by atoms with Crippen LogP contribution in [0, 0.1) is 16.0 Å². The molecule has 0 radical (unpaired) electrons. The molecular formula is C18H19N3O3S. The fourth-order valence-electron chi connectivity index (χ4n) is 3.81. The van der Waals surface area contributed by atoms with Crippen molar-refractivity contribution in [1.29, 1.82) is 0 Å². The van der Waals surface area contributed by atoms with Gasteiger partial charge in [0.1, 0.15) is 0 Å². The third-order valence-corrected chi connectivity index (χ3v) is 6.29. The number of thiophene rings is 1. The first-order valence-electron chi connectivity index (χ1n) is 8.48. The van der Waals surface area contributed by atoms with Gasteiger partial charge in [0.05, 0.1) is 15.4 Å². The summed E-state index contributed by atoms with van der Waals surface area (Å²) in [6.07, 6.45) is 2.30. The lowest BCUT2D eigenvalue weighted by Gasteiger charge is -2.44. The number of hydrogen-bond acceptors (Lipinski definition) is 5. The van der Waals surface area contributed by atoms with E-state index in [-0.39, 0.29) is 22.6 Å². The molecule has 0 unspecified atom stereocenters. The number of carbonyl (C=O) groups excluding carboxylic acids is 1. The standard InChI is InChI=1S/C18H19N3O3S/c22-18(19-14-11-20-9-7-12(14)8-10-20)17-6-5-16(25-17)13-3-1-2-4-15(13)21(23)24/h1-6,12,14H,7-11H2,(H,19,22)/t14-/m0/s1. The van der Waals surface area contributed by atoms with Gasteiger partial charge in [-0.1, -0.05) is 12.1 Å². The Bertz CT molecular complexity index is 811. The van der Waals surface area contributed by atoms with Gasteiger partial charge in [0.2, 0.25) is 0 Å². The van der Waals surface area contributed by atoms with Crippen molar-refractivity contribution in [3.05, 3.63) is 51.4 Å². The summed E-state index contributed by atoms with van der Waals surface area (Å²) in [5.41, 5.74) is 0.619. The number of nitro groups is 1. The number of nitro benzene ring substituents is 1. The van der Waals surface area contributed by atoms with Crippen LogP contribution < -0.4 is 5.32 Å². The van der Waals surface area contributed by atoms with Crippen LogP contribution >= 0.6 is 11.3 Å². The molecule has 1 amide bonds. The predicted octanol–water partition coefficient (Wildman–Crippen LogP) is 3.15. The van der Waals surface area contributed by atoms with Crippen molar-refractivity contribution >= 4 is 22.9 Å². The lowest BCUT2D eigenvalue weighted by atomic mass is 9.84. The van der Waals surface area contributed by atoms with Gasteiger partial charge in [-0.2, -0.15) is 0 Å². The Morgan fingerprint density at radius 1 is 1.20 bits per heavy atom. The Morgan fingerprint density at radius 2 is 1.96 bits per heavy atom. The number of benzene rings is 1. The highest BCUT2D eigenvalue weighted by Crippen LogP contribution is 2.35. The van der Waals surface area contributed by atoms with Crippen LogP contribution in [-0.2, 0) is 0 Å². The van der Waals surface area contributed by atoms with E-state index in [1.165, 1.54) is 17.4 Å². The number of fused-ring (bicyclic) bond motifs is 3.